The summed E-state index contributed by atoms with van der Waals surface area (Å²) in [5, 5.41) is 19.1. The number of amides is 2. The lowest BCUT2D eigenvalue weighted by atomic mass is 10.2. The second-order valence-corrected chi connectivity index (χ2v) is 3.43. The van der Waals surface area contributed by atoms with Crippen molar-refractivity contribution in [3.63, 3.8) is 0 Å². The largest absolute Gasteiger partial charge is 0.481 e. The second-order valence-electron chi connectivity index (χ2n) is 3.43. The fourth-order valence-corrected chi connectivity index (χ4v) is 0.941. The summed E-state index contributed by atoms with van der Waals surface area (Å²) in [4.78, 5) is 44.2. The zero-order valence-corrected chi connectivity index (χ0v) is 9.47. The third kappa shape index (κ3) is 6.13. The normalized spacial score (nSPS) is 11.4. The maximum Gasteiger partial charge on any atom is 0.326 e. The van der Waals surface area contributed by atoms with Crippen LogP contribution in [0.25, 0.3) is 0 Å². The minimum atomic E-state index is -1.50. The van der Waals surface area contributed by atoms with Gasteiger partial charge in [-0.2, -0.15) is 0 Å². The fourth-order valence-electron chi connectivity index (χ4n) is 0.941. The summed E-state index contributed by atoms with van der Waals surface area (Å²) in [5.74, 6) is -3.86. The molecule has 96 valence electrons. The number of carboxylic acid groups (broad SMARTS) is 2. The summed E-state index contributed by atoms with van der Waals surface area (Å²) in [5.41, 5.74) is 0. The van der Waals surface area contributed by atoms with Gasteiger partial charge in [-0.3, -0.25) is 14.4 Å². The standard InChI is InChI=1S/C9H14N2O6/c1-5(12)11(2)4-7(13)10-6(9(16)17)3-8(14)15/h6H,3-4H2,1-2H3,(H,10,13)(H,14,15)(H,16,17)/t6-/m1/s1. The van der Waals surface area contributed by atoms with Gasteiger partial charge in [-0.1, -0.05) is 0 Å². The number of carbonyl (C=O) groups is 4. The molecule has 0 aliphatic heterocycles. The molecule has 0 aromatic heterocycles. The van der Waals surface area contributed by atoms with Crippen LogP contribution < -0.4 is 5.32 Å². The molecule has 1 atom stereocenters. The number of carbonyl (C=O) groups excluding carboxylic acids is 2. The monoisotopic (exact) mass is 246 g/mol. The van der Waals surface area contributed by atoms with Crippen LogP contribution in [0, 0.1) is 0 Å². The number of nitrogens with one attached hydrogen (secondary N) is 1. The molecule has 0 bridgehead atoms. The molecule has 0 spiro atoms. The molecular weight excluding hydrogens is 232 g/mol. The molecule has 0 heterocycles. The molecule has 2 amide bonds. The molecule has 8 nitrogen and oxygen atoms in total. The van der Waals surface area contributed by atoms with E-state index >= 15 is 0 Å². The van der Waals surface area contributed by atoms with Gasteiger partial charge < -0.3 is 20.4 Å². The highest BCUT2D eigenvalue weighted by molar-refractivity contribution is 5.89. The topological polar surface area (TPSA) is 124 Å². The summed E-state index contributed by atoms with van der Waals surface area (Å²) >= 11 is 0. The van der Waals surface area contributed by atoms with Crippen LogP contribution in [-0.2, 0) is 19.2 Å². The van der Waals surface area contributed by atoms with Crippen molar-refractivity contribution in [2.45, 2.75) is 19.4 Å². The quantitative estimate of drug-likeness (QED) is 0.524. The Hall–Kier alpha value is -2.12. The molecule has 0 aromatic rings. The molecule has 0 aromatic carbocycles. The van der Waals surface area contributed by atoms with E-state index < -0.39 is 30.3 Å². The summed E-state index contributed by atoms with van der Waals surface area (Å²) in [7, 11) is 1.37. The first-order valence-electron chi connectivity index (χ1n) is 4.69. The Morgan fingerprint density at radius 1 is 1.24 bits per heavy atom. The second kappa shape index (κ2) is 6.46. The van der Waals surface area contributed by atoms with Gasteiger partial charge in [0.05, 0.1) is 13.0 Å². The molecule has 0 aliphatic rings. The van der Waals surface area contributed by atoms with Crippen molar-refractivity contribution < 1.29 is 29.4 Å². The number of hydrogen-bond acceptors (Lipinski definition) is 4. The first kappa shape index (κ1) is 14.9. The van der Waals surface area contributed by atoms with E-state index in [0.29, 0.717) is 0 Å². The van der Waals surface area contributed by atoms with Crippen molar-refractivity contribution in [3.05, 3.63) is 0 Å². The van der Waals surface area contributed by atoms with Crippen LogP contribution in [0.5, 0.6) is 0 Å². The van der Waals surface area contributed by atoms with E-state index in [4.69, 9.17) is 10.2 Å². The molecule has 0 unspecified atom stereocenters. The van der Waals surface area contributed by atoms with Gasteiger partial charge in [0, 0.05) is 14.0 Å². The Balaban J connectivity index is 4.36. The smallest absolute Gasteiger partial charge is 0.326 e. The van der Waals surface area contributed by atoms with Crippen molar-refractivity contribution in [3.8, 4) is 0 Å². The molecule has 0 saturated carbocycles. The van der Waals surface area contributed by atoms with Crippen molar-refractivity contribution in [1.29, 1.82) is 0 Å². The van der Waals surface area contributed by atoms with E-state index in [-0.39, 0.29) is 12.5 Å². The van der Waals surface area contributed by atoms with Crippen molar-refractivity contribution in [2.24, 2.45) is 0 Å². The third-order valence-corrected chi connectivity index (χ3v) is 1.93. The number of rotatable bonds is 6. The Morgan fingerprint density at radius 3 is 2.12 bits per heavy atom. The molecular formula is C9H14N2O6. The molecule has 17 heavy (non-hydrogen) atoms. The number of nitrogens with zero attached hydrogens (tertiary/aromatic N) is 1. The van der Waals surface area contributed by atoms with Gasteiger partial charge >= 0.3 is 11.9 Å². The first-order valence-corrected chi connectivity index (χ1v) is 4.69. The summed E-state index contributed by atoms with van der Waals surface area (Å²) in [6.45, 7) is 0.929. The maximum atomic E-state index is 11.3. The van der Waals surface area contributed by atoms with Gasteiger partial charge in [0.1, 0.15) is 6.04 Å². The highest BCUT2D eigenvalue weighted by Crippen LogP contribution is 1.93. The van der Waals surface area contributed by atoms with Gasteiger partial charge in [0.15, 0.2) is 0 Å². The number of carboxylic acids is 2. The zero-order chi connectivity index (χ0) is 13.6. The van der Waals surface area contributed by atoms with E-state index in [9.17, 15) is 19.2 Å². The van der Waals surface area contributed by atoms with E-state index in [1.54, 1.807) is 0 Å². The SMILES string of the molecule is CC(=O)N(C)CC(=O)N[C@H](CC(=O)O)C(=O)O. The van der Waals surface area contributed by atoms with Gasteiger partial charge in [-0.05, 0) is 0 Å². The van der Waals surface area contributed by atoms with Crippen LogP contribution in [0.3, 0.4) is 0 Å². The molecule has 0 aliphatic carbocycles. The summed E-state index contributed by atoms with van der Waals surface area (Å²) in [6.07, 6.45) is -0.717. The van der Waals surface area contributed by atoms with E-state index in [2.05, 4.69) is 0 Å². The average Bonchev–Trinajstić information content (AvgIpc) is 2.15. The number of likely N-dealkylation sites (N-methyl/N-ethyl adjacent to an activating group) is 1. The van der Waals surface area contributed by atoms with Crippen molar-refractivity contribution in [1.82, 2.24) is 10.2 Å². The molecule has 0 radical (unpaired) electrons. The predicted octanol–water partition coefficient (Wildman–Crippen LogP) is -1.49. The minimum Gasteiger partial charge on any atom is -0.481 e. The van der Waals surface area contributed by atoms with E-state index in [0.717, 1.165) is 4.90 Å². The molecule has 0 saturated heterocycles. The lowest BCUT2D eigenvalue weighted by Crippen LogP contribution is -2.46. The first-order chi connectivity index (χ1) is 7.73. The lowest BCUT2D eigenvalue weighted by molar-refractivity contribution is -0.147. The third-order valence-electron chi connectivity index (χ3n) is 1.93. The van der Waals surface area contributed by atoms with Crippen LogP contribution in [0.4, 0.5) is 0 Å². The van der Waals surface area contributed by atoms with Crippen LogP contribution in [0.2, 0.25) is 0 Å². The highest BCUT2D eigenvalue weighted by Gasteiger charge is 2.23. The minimum absolute atomic E-state index is 0.321. The van der Waals surface area contributed by atoms with Crippen molar-refractivity contribution >= 4 is 23.8 Å². The Morgan fingerprint density at radius 2 is 1.76 bits per heavy atom. The molecule has 0 rings (SSSR count). The summed E-state index contributed by atoms with van der Waals surface area (Å²) in [6, 6.07) is -1.50. The van der Waals surface area contributed by atoms with Gasteiger partial charge in [0.25, 0.3) is 0 Å². The van der Waals surface area contributed by atoms with E-state index in [1.165, 1.54) is 14.0 Å². The van der Waals surface area contributed by atoms with Crippen LogP contribution in [0.1, 0.15) is 13.3 Å². The van der Waals surface area contributed by atoms with E-state index in [1.807, 2.05) is 5.32 Å². The van der Waals surface area contributed by atoms with Gasteiger partial charge in [-0.15, -0.1) is 0 Å². The van der Waals surface area contributed by atoms with Crippen LogP contribution in [0.15, 0.2) is 0 Å². The number of aliphatic carboxylic acids is 2. The fraction of sp³-hybridized carbons (Fsp3) is 0.556. The van der Waals surface area contributed by atoms with Gasteiger partial charge in [-0.25, -0.2) is 4.79 Å². The summed E-state index contributed by atoms with van der Waals surface area (Å²) < 4.78 is 0. The molecule has 8 heteroatoms. The average molecular weight is 246 g/mol. The molecule has 0 fully saturated rings. The van der Waals surface area contributed by atoms with Crippen LogP contribution in [-0.4, -0.2) is 58.5 Å². The highest BCUT2D eigenvalue weighted by atomic mass is 16.4. The maximum absolute atomic E-state index is 11.3. The Labute approximate surface area is 97.2 Å². The van der Waals surface area contributed by atoms with Crippen LogP contribution >= 0.6 is 0 Å². The Bertz CT molecular complexity index is 340. The molecule has 3 N–H and O–H groups in total. The lowest BCUT2D eigenvalue weighted by Gasteiger charge is -2.17. The predicted molar refractivity (Wildman–Crippen MR) is 55.1 cm³/mol. The zero-order valence-electron chi connectivity index (χ0n) is 9.47. The van der Waals surface area contributed by atoms with Crippen molar-refractivity contribution in [2.75, 3.05) is 13.6 Å². The number of hydrogen-bond donors (Lipinski definition) is 3. The van der Waals surface area contributed by atoms with Gasteiger partial charge in [0.2, 0.25) is 11.8 Å². The Kier molecular flexibility index (Phi) is 5.65.